The molecule has 3 aliphatic heterocycles. The van der Waals surface area contributed by atoms with Crippen LogP contribution in [-0.4, -0.2) is 57.2 Å². The molecule has 2 unspecified atom stereocenters. The molecule has 4 rings (SSSR count). The molecule has 2 fully saturated rings. The van der Waals surface area contributed by atoms with E-state index in [0.29, 0.717) is 13.1 Å². The van der Waals surface area contributed by atoms with Gasteiger partial charge in [0.2, 0.25) is 5.91 Å². The summed E-state index contributed by atoms with van der Waals surface area (Å²) in [5.74, 6) is -0.802. The van der Waals surface area contributed by atoms with Crippen LogP contribution < -0.4 is 5.32 Å². The fourth-order valence-electron chi connectivity index (χ4n) is 4.31. The van der Waals surface area contributed by atoms with E-state index in [9.17, 15) is 13.6 Å². The lowest BCUT2D eigenvalue weighted by atomic mass is 9.96. The number of hydrogen-bond donors (Lipinski definition) is 1. The molecular weight excluding hydrogens is 328 g/mol. The largest absolute Gasteiger partial charge is 0.341 e. The number of alkyl halides is 2. The Bertz CT molecular complexity index is 647. The molecule has 1 amide bonds. The third kappa shape index (κ3) is 3.41. The SMILES string of the molecule is O=C(C1CC(F)(F)CN1)N1CCCC(c2nnc3n2CCCCC3)C1. The van der Waals surface area contributed by atoms with Crippen molar-refractivity contribution in [3.63, 3.8) is 0 Å². The van der Waals surface area contributed by atoms with Crippen LogP contribution in [0, 0.1) is 0 Å². The molecule has 4 heterocycles. The number of rotatable bonds is 2. The quantitative estimate of drug-likeness (QED) is 0.879. The monoisotopic (exact) mass is 353 g/mol. The minimum Gasteiger partial charge on any atom is -0.341 e. The first-order chi connectivity index (χ1) is 12.0. The zero-order chi connectivity index (χ0) is 17.4. The van der Waals surface area contributed by atoms with Crippen molar-refractivity contribution in [3.05, 3.63) is 11.6 Å². The van der Waals surface area contributed by atoms with Gasteiger partial charge in [0.15, 0.2) is 0 Å². The molecular formula is C17H25F2N5O. The lowest BCUT2D eigenvalue weighted by Crippen LogP contribution is -2.47. The fraction of sp³-hybridized carbons (Fsp3) is 0.824. The second-order valence-electron chi connectivity index (χ2n) is 7.55. The van der Waals surface area contributed by atoms with Gasteiger partial charge in [0.25, 0.3) is 5.92 Å². The summed E-state index contributed by atoms with van der Waals surface area (Å²) in [6.45, 7) is 1.73. The minimum atomic E-state index is -2.78. The lowest BCUT2D eigenvalue weighted by molar-refractivity contribution is -0.135. The van der Waals surface area contributed by atoms with E-state index in [1.807, 2.05) is 0 Å². The maximum Gasteiger partial charge on any atom is 0.262 e. The summed E-state index contributed by atoms with van der Waals surface area (Å²) in [5.41, 5.74) is 0. The van der Waals surface area contributed by atoms with Crippen LogP contribution in [0.2, 0.25) is 0 Å². The van der Waals surface area contributed by atoms with E-state index in [0.717, 1.165) is 50.3 Å². The van der Waals surface area contributed by atoms with E-state index in [-0.39, 0.29) is 11.8 Å². The third-order valence-electron chi connectivity index (χ3n) is 5.64. The Morgan fingerprint density at radius 2 is 2.04 bits per heavy atom. The number of hydrogen-bond acceptors (Lipinski definition) is 4. The number of piperidine rings is 1. The summed E-state index contributed by atoms with van der Waals surface area (Å²) in [6.07, 6.45) is 5.90. The zero-order valence-electron chi connectivity index (χ0n) is 14.4. The first-order valence-corrected chi connectivity index (χ1v) is 9.35. The standard InChI is InChI=1S/C17H25F2N5O/c18-17(19)9-13(20-11-17)16(25)23-7-4-5-12(10-23)15-22-21-14-6-2-1-3-8-24(14)15/h12-13,20H,1-11H2. The second-order valence-corrected chi connectivity index (χ2v) is 7.55. The molecule has 0 radical (unpaired) electrons. The molecule has 8 heteroatoms. The highest BCUT2D eigenvalue weighted by Crippen LogP contribution is 2.30. The number of likely N-dealkylation sites (tertiary alicyclic amines) is 1. The molecule has 138 valence electrons. The molecule has 0 aromatic carbocycles. The van der Waals surface area contributed by atoms with Gasteiger partial charge in [0.1, 0.15) is 11.6 Å². The summed E-state index contributed by atoms with van der Waals surface area (Å²) < 4.78 is 29.0. The number of amides is 1. The van der Waals surface area contributed by atoms with Crippen LogP contribution in [0.5, 0.6) is 0 Å². The van der Waals surface area contributed by atoms with Gasteiger partial charge in [-0.25, -0.2) is 8.78 Å². The third-order valence-corrected chi connectivity index (χ3v) is 5.64. The van der Waals surface area contributed by atoms with Crippen LogP contribution in [0.25, 0.3) is 0 Å². The Morgan fingerprint density at radius 3 is 2.84 bits per heavy atom. The van der Waals surface area contributed by atoms with Crippen LogP contribution in [0.1, 0.15) is 56.1 Å². The summed E-state index contributed by atoms with van der Waals surface area (Å²) in [7, 11) is 0. The predicted molar refractivity (Wildman–Crippen MR) is 87.5 cm³/mol. The summed E-state index contributed by atoms with van der Waals surface area (Å²) >= 11 is 0. The maximum absolute atomic E-state index is 13.4. The van der Waals surface area contributed by atoms with Crippen molar-refractivity contribution in [2.45, 2.75) is 69.4 Å². The van der Waals surface area contributed by atoms with E-state index >= 15 is 0 Å². The molecule has 1 N–H and O–H groups in total. The minimum absolute atomic E-state index is 0.152. The van der Waals surface area contributed by atoms with Crippen molar-refractivity contribution in [1.82, 2.24) is 25.0 Å². The van der Waals surface area contributed by atoms with Crippen molar-refractivity contribution in [2.24, 2.45) is 0 Å². The normalized spacial score (nSPS) is 29.3. The van der Waals surface area contributed by atoms with E-state index in [2.05, 4.69) is 20.1 Å². The molecule has 0 saturated carbocycles. The fourth-order valence-corrected chi connectivity index (χ4v) is 4.31. The number of halogens is 2. The van der Waals surface area contributed by atoms with Gasteiger partial charge in [0, 0.05) is 38.4 Å². The average molecular weight is 353 g/mol. The second kappa shape index (κ2) is 6.63. The van der Waals surface area contributed by atoms with Gasteiger partial charge in [-0.05, 0) is 25.7 Å². The number of aromatic nitrogens is 3. The number of nitrogens with zero attached hydrogens (tertiary/aromatic N) is 4. The number of fused-ring (bicyclic) bond motifs is 1. The van der Waals surface area contributed by atoms with Crippen molar-refractivity contribution >= 4 is 5.91 Å². The van der Waals surface area contributed by atoms with E-state index in [1.165, 1.54) is 6.42 Å². The Labute approximate surface area is 146 Å². The summed E-state index contributed by atoms with van der Waals surface area (Å²) in [4.78, 5) is 14.4. The van der Waals surface area contributed by atoms with Crippen molar-refractivity contribution in [1.29, 1.82) is 0 Å². The van der Waals surface area contributed by atoms with Gasteiger partial charge in [-0.15, -0.1) is 10.2 Å². The highest BCUT2D eigenvalue weighted by Gasteiger charge is 2.44. The zero-order valence-corrected chi connectivity index (χ0v) is 14.4. The van der Waals surface area contributed by atoms with Gasteiger partial charge in [-0.2, -0.15) is 0 Å². The van der Waals surface area contributed by atoms with Gasteiger partial charge < -0.3 is 9.47 Å². The van der Waals surface area contributed by atoms with Crippen LogP contribution in [-0.2, 0) is 17.8 Å². The van der Waals surface area contributed by atoms with Crippen LogP contribution >= 0.6 is 0 Å². The van der Waals surface area contributed by atoms with Crippen molar-refractivity contribution in [2.75, 3.05) is 19.6 Å². The lowest BCUT2D eigenvalue weighted by Gasteiger charge is -2.34. The first-order valence-electron chi connectivity index (χ1n) is 9.35. The molecule has 3 aliphatic rings. The molecule has 1 aromatic heterocycles. The topological polar surface area (TPSA) is 63.1 Å². The molecule has 0 spiro atoms. The van der Waals surface area contributed by atoms with Gasteiger partial charge in [-0.3, -0.25) is 10.1 Å². The molecule has 2 atom stereocenters. The van der Waals surface area contributed by atoms with Crippen molar-refractivity contribution in [3.8, 4) is 0 Å². The molecule has 0 bridgehead atoms. The van der Waals surface area contributed by atoms with Crippen molar-refractivity contribution < 1.29 is 13.6 Å². The summed E-state index contributed by atoms with van der Waals surface area (Å²) in [5, 5.41) is 11.5. The van der Waals surface area contributed by atoms with Crippen LogP contribution in [0.15, 0.2) is 0 Å². The molecule has 0 aliphatic carbocycles. The maximum atomic E-state index is 13.4. The average Bonchev–Trinajstić information content (AvgIpc) is 3.09. The number of aryl methyl sites for hydroxylation is 1. The Balaban J connectivity index is 1.46. The number of carbonyl (C=O) groups is 1. The predicted octanol–water partition coefficient (Wildman–Crippen LogP) is 1.71. The van der Waals surface area contributed by atoms with E-state index in [4.69, 9.17) is 0 Å². The molecule has 1 aromatic rings. The number of nitrogens with one attached hydrogen (secondary N) is 1. The van der Waals surface area contributed by atoms with E-state index < -0.39 is 24.9 Å². The first kappa shape index (κ1) is 16.9. The molecule has 25 heavy (non-hydrogen) atoms. The van der Waals surface area contributed by atoms with E-state index in [1.54, 1.807) is 4.90 Å². The van der Waals surface area contributed by atoms with Crippen LogP contribution in [0.4, 0.5) is 8.78 Å². The smallest absolute Gasteiger partial charge is 0.262 e. The van der Waals surface area contributed by atoms with Gasteiger partial charge in [-0.1, -0.05) is 6.42 Å². The Hall–Kier alpha value is -1.57. The highest BCUT2D eigenvalue weighted by atomic mass is 19.3. The summed E-state index contributed by atoms with van der Waals surface area (Å²) in [6, 6.07) is -0.760. The highest BCUT2D eigenvalue weighted by molar-refractivity contribution is 5.82. The van der Waals surface area contributed by atoms with Gasteiger partial charge in [0.05, 0.1) is 12.6 Å². The van der Waals surface area contributed by atoms with Crippen LogP contribution in [0.3, 0.4) is 0 Å². The molecule has 2 saturated heterocycles. The Morgan fingerprint density at radius 1 is 1.16 bits per heavy atom. The van der Waals surface area contributed by atoms with Gasteiger partial charge >= 0.3 is 0 Å². The number of carbonyl (C=O) groups excluding carboxylic acids is 1. The molecule has 6 nitrogen and oxygen atoms in total. The Kier molecular flexibility index (Phi) is 4.47.